The zero-order chi connectivity index (χ0) is 19.2. The summed E-state index contributed by atoms with van der Waals surface area (Å²) in [6.07, 6.45) is 0.755. The Bertz CT molecular complexity index is 1130. The van der Waals surface area contributed by atoms with Crippen LogP contribution in [0.4, 0.5) is 0 Å². The highest BCUT2D eigenvalue weighted by atomic mass is 32.2. The van der Waals surface area contributed by atoms with E-state index in [1.807, 2.05) is 18.2 Å². The van der Waals surface area contributed by atoms with Crippen molar-refractivity contribution < 1.29 is 13.2 Å². The van der Waals surface area contributed by atoms with Gasteiger partial charge in [0.25, 0.3) is 5.91 Å². The van der Waals surface area contributed by atoms with Crippen LogP contribution in [0.25, 0.3) is 10.9 Å². The van der Waals surface area contributed by atoms with Gasteiger partial charge in [0, 0.05) is 61.3 Å². The van der Waals surface area contributed by atoms with Crippen molar-refractivity contribution in [2.75, 3.05) is 20.6 Å². The van der Waals surface area contributed by atoms with E-state index in [4.69, 9.17) is 0 Å². The standard InChI is InChI=1S/C20H21N3O3S/c1-22(2)27(25,26)15-7-5-6-14(12-15)20(24)23-11-10-19-17(13-23)16-8-3-4-9-18(16)21-19/h3-9,12,21H,10-11,13H2,1-2H3. The summed E-state index contributed by atoms with van der Waals surface area (Å²) in [5.74, 6) is -0.151. The molecule has 3 aromatic rings. The number of rotatable bonds is 3. The van der Waals surface area contributed by atoms with Crippen LogP contribution in [0, 0.1) is 0 Å². The first kappa shape index (κ1) is 17.8. The Morgan fingerprint density at radius 2 is 1.89 bits per heavy atom. The average molecular weight is 383 g/mol. The molecular formula is C20H21N3O3S. The Morgan fingerprint density at radius 3 is 2.67 bits per heavy atom. The highest BCUT2D eigenvalue weighted by molar-refractivity contribution is 7.89. The molecule has 0 fully saturated rings. The molecule has 2 heterocycles. The number of carbonyl (C=O) groups excluding carboxylic acids is 1. The third kappa shape index (κ3) is 3.02. The van der Waals surface area contributed by atoms with Gasteiger partial charge in [-0.1, -0.05) is 24.3 Å². The molecule has 1 N–H and O–H groups in total. The third-order valence-corrected chi connectivity index (χ3v) is 6.84. The van der Waals surface area contributed by atoms with Gasteiger partial charge < -0.3 is 9.88 Å². The van der Waals surface area contributed by atoms with Gasteiger partial charge in [-0.3, -0.25) is 4.79 Å². The zero-order valence-corrected chi connectivity index (χ0v) is 16.1. The largest absolute Gasteiger partial charge is 0.358 e. The van der Waals surface area contributed by atoms with Gasteiger partial charge in [-0.05, 0) is 24.3 Å². The minimum absolute atomic E-state index is 0.128. The van der Waals surface area contributed by atoms with Crippen molar-refractivity contribution in [2.45, 2.75) is 17.9 Å². The maximum absolute atomic E-state index is 13.0. The summed E-state index contributed by atoms with van der Waals surface area (Å²) in [7, 11) is -0.616. The number of carbonyl (C=O) groups is 1. The summed E-state index contributed by atoms with van der Waals surface area (Å²) in [4.78, 5) is 18.4. The van der Waals surface area contributed by atoms with Crippen molar-refractivity contribution in [3.8, 4) is 0 Å². The third-order valence-electron chi connectivity index (χ3n) is 5.03. The highest BCUT2D eigenvalue weighted by Gasteiger charge is 2.26. The molecule has 27 heavy (non-hydrogen) atoms. The molecular weight excluding hydrogens is 362 g/mol. The van der Waals surface area contributed by atoms with Crippen LogP contribution in [0.5, 0.6) is 0 Å². The fourth-order valence-corrected chi connectivity index (χ4v) is 4.47. The van der Waals surface area contributed by atoms with Crippen LogP contribution in [0.2, 0.25) is 0 Å². The summed E-state index contributed by atoms with van der Waals surface area (Å²) in [5.41, 5.74) is 3.78. The lowest BCUT2D eigenvalue weighted by atomic mass is 10.0. The summed E-state index contributed by atoms with van der Waals surface area (Å²) < 4.78 is 25.9. The maximum atomic E-state index is 13.0. The van der Waals surface area contributed by atoms with Crippen LogP contribution >= 0.6 is 0 Å². The van der Waals surface area contributed by atoms with Crippen LogP contribution in [-0.4, -0.2) is 49.2 Å². The molecule has 1 aliphatic heterocycles. The molecule has 0 spiro atoms. The lowest BCUT2D eigenvalue weighted by molar-refractivity contribution is 0.0735. The molecule has 2 aromatic carbocycles. The second kappa shape index (κ2) is 6.51. The van der Waals surface area contributed by atoms with E-state index in [0.29, 0.717) is 18.7 Å². The molecule has 0 saturated carbocycles. The number of para-hydroxylation sites is 1. The molecule has 4 rings (SSSR count). The Balaban J connectivity index is 1.65. The van der Waals surface area contributed by atoms with Crippen molar-refractivity contribution in [3.05, 3.63) is 65.4 Å². The Kier molecular flexibility index (Phi) is 4.28. The lowest BCUT2D eigenvalue weighted by Gasteiger charge is -2.27. The number of aromatic nitrogens is 1. The molecule has 0 saturated heterocycles. The van der Waals surface area contributed by atoms with E-state index in [-0.39, 0.29) is 10.8 Å². The molecule has 140 valence electrons. The lowest BCUT2D eigenvalue weighted by Crippen LogP contribution is -2.36. The number of fused-ring (bicyclic) bond motifs is 3. The number of amides is 1. The van der Waals surface area contributed by atoms with Gasteiger partial charge in [0.15, 0.2) is 0 Å². The normalized spacial score (nSPS) is 14.6. The highest BCUT2D eigenvalue weighted by Crippen LogP contribution is 2.28. The molecule has 0 aliphatic carbocycles. The summed E-state index contributed by atoms with van der Waals surface area (Å²) in [6, 6.07) is 14.3. The van der Waals surface area contributed by atoms with E-state index in [1.165, 1.54) is 31.9 Å². The topological polar surface area (TPSA) is 73.5 Å². The molecule has 6 nitrogen and oxygen atoms in total. The molecule has 1 amide bonds. The van der Waals surface area contributed by atoms with Gasteiger partial charge in [0.2, 0.25) is 10.0 Å². The fraction of sp³-hybridized carbons (Fsp3) is 0.250. The van der Waals surface area contributed by atoms with Gasteiger partial charge in [0.1, 0.15) is 0 Å². The average Bonchev–Trinajstić information content (AvgIpc) is 3.05. The number of aromatic amines is 1. The summed E-state index contributed by atoms with van der Waals surface area (Å²) in [5, 5.41) is 1.13. The van der Waals surface area contributed by atoms with E-state index < -0.39 is 10.0 Å². The van der Waals surface area contributed by atoms with Crippen LogP contribution in [-0.2, 0) is 23.0 Å². The minimum Gasteiger partial charge on any atom is -0.358 e. The molecule has 0 radical (unpaired) electrons. The predicted molar refractivity (Wildman–Crippen MR) is 104 cm³/mol. The second-order valence-corrected chi connectivity index (χ2v) is 9.07. The van der Waals surface area contributed by atoms with Crippen molar-refractivity contribution in [2.24, 2.45) is 0 Å². The van der Waals surface area contributed by atoms with E-state index in [9.17, 15) is 13.2 Å². The van der Waals surface area contributed by atoms with Gasteiger partial charge in [-0.2, -0.15) is 0 Å². The quantitative estimate of drug-likeness (QED) is 0.756. The smallest absolute Gasteiger partial charge is 0.254 e. The molecule has 1 aliphatic rings. The Morgan fingerprint density at radius 1 is 1.11 bits per heavy atom. The number of hydrogen-bond donors (Lipinski definition) is 1. The van der Waals surface area contributed by atoms with Crippen molar-refractivity contribution >= 4 is 26.8 Å². The Hall–Kier alpha value is -2.64. The SMILES string of the molecule is CN(C)S(=O)(=O)c1cccc(C(=O)N2CCc3[nH]c4ccccc4c3C2)c1. The van der Waals surface area contributed by atoms with Crippen LogP contribution < -0.4 is 0 Å². The number of H-pyrrole nitrogens is 1. The van der Waals surface area contributed by atoms with E-state index in [1.54, 1.807) is 17.0 Å². The molecule has 1 aromatic heterocycles. The van der Waals surface area contributed by atoms with E-state index in [0.717, 1.165) is 27.2 Å². The fourth-order valence-electron chi connectivity index (χ4n) is 3.52. The monoisotopic (exact) mass is 383 g/mol. The van der Waals surface area contributed by atoms with Crippen molar-refractivity contribution in [1.82, 2.24) is 14.2 Å². The zero-order valence-electron chi connectivity index (χ0n) is 15.3. The van der Waals surface area contributed by atoms with Crippen LogP contribution in [0.3, 0.4) is 0 Å². The predicted octanol–water partition coefficient (Wildman–Crippen LogP) is 2.62. The van der Waals surface area contributed by atoms with Gasteiger partial charge in [-0.25, -0.2) is 12.7 Å². The van der Waals surface area contributed by atoms with Crippen molar-refractivity contribution in [3.63, 3.8) is 0 Å². The minimum atomic E-state index is -3.57. The second-order valence-electron chi connectivity index (χ2n) is 6.92. The number of nitrogens with one attached hydrogen (secondary N) is 1. The van der Waals surface area contributed by atoms with E-state index >= 15 is 0 Å². The molecule has 0 unspecified atom stereocenters. The van der Waals surface area contributed by atoms with Crippen LogP contribution in [0.15, 0.2) is 53.4 Å². The molecule has 7 heteroatoms. The van der Waals surface area contributed by atoms with Crippen LogP contribution in [0.1, 0.15) is 21.6 Å². The first-order valence-corrected chi connectivity index (χ1v) is 10.2. The number of benzene rings is 2. The summed E-state index contributed by atoms with van der Waals surface area (Å²) >= 11 is 0. The number of hydrogen-bond acceptors (Lipinski definition) is 3. The number of nitrogens with zero attached hydrogens (tertiary/aromatic N) is 2. The summed E-state index contributed by atoms with van der Waals surface area (Å²) in [6.45, 7) is 1.12. The van der Waals surface area contributed by atoms with Gasteiger partial charge in [-0.15, -0.1) is 0 Å². The van der Waals surface area contributed by atoms with Gasteiger partial charge >= 0.3 is 0 Å². The first-order valence-electron chi connectivity index (χ1n) is 8.78. The first-order chi connectivity index (χ1) is 12.9. The van der Waals surface area contributed by atoms with Gasteiger partial charge in [0.05, 0.1) is 4.90 Å². The number of sulfonamides is 1. The molecule has 0 bridgehead atoms. The van der Waals surface area contributed by atoms with E-state index in [2.05, 4.69) is 11.1 Å². The maximum Gasteiger partial charge on any atom is 0.254 e. The van der Waals surface area contributed by atoms with Crippen molar-refractivity contribution in [1.29, 1.82) is 0 Å². The Labute approximate surface area is 158 Å². The molecule has 0 atom stereocenters.